The number of nitrogens with one attached hydrogen (secondary N) is 2. The summed E-state index contributed by atoms with van der Waals surface area (Å²) < 4.78 is 10.9. The van der Waals surface area contributed by atoms with E-state index in [1.165, 1.54) is 0 Å². The second kappa shape index (κ2) is 8.26. The Hall–Kier alpha value is -4.01. The van der Waals surface area contributed by atoms with Gasteiger partial charge in [-0.1, -0.05) is 36.4 Å². The Morgan fingerprint density at radius 3 is 2.81 bits per heavy atom. The molecule has 164 valence electrons. The predicted octanol–water partition coefficient (Wildman–Crippen LogP) is 2.49. The summed E-state index contributed by atoms with van der Waals surface area (Å²) in [5.74, 6) is 0.175. The average molecular weight is 434 g/mol. The number of fused-ring (bicyclic) bond motifs is 2. The van der Waals surface area contributed by atoms with Gasteiger partial charge in [0.1, 0.15) is 12.1 Å². The van der Waals surface area contributed by atoms with E-state index in [0.29, 0.717) is 24.5 Å². The molecule has 2 aliphatic heterocycles. The number of hydrogen-bond donors (Lipinski definition) is 3. The van der Waals surface area contributed by atoms with E-state index in [-0.39, 0.29) is 13.2 Å². The molecule has 3 aromatic rings. The molecule has 0 saturated heterocycles. The van der Waals surface area contributed by atoms with Crippen molar-refractivity contribution in [3.8, 4) is 11.5 Å². The lowest BCUT2D eigenvalue weighted by atomic mass is 9.95. The van der Waals surface area contributed by atoms with Gasteiger partial charge in [-0.3, -0.25) is 0 Å². The second-order valence-electron chi connectivity index (χ2n) is 7.75. The van der Waals surface area contributed by atoms with Crippen molar-refractivity contribution in [1.82, 2.24) is 20.2 Å². The third-order valence-electron chi connectivity index (χ3n) is 5.78. The average Bonchev–Trinajstić information content (AvgIpc) is 3.47. The molecule has 0 fully saturated rings. The van der Waals surface area contributed by atoms with Crippen LogP contribution < -0.4 is 14.8 Å². The maximum absolute atomic E-state index is 13.3. The molecule has 2 aromatic carbocycles. The van der Waals surface area contributed by atoms with Crippen molar-refractivity contribution in [2.45, 2.75) is 24.9 Å². The summed E-state index contributed by atoms with van der Waals surface area (Å²) in [6, 6.07) is 12.8. The van der Waals surface area contributed by atoms with Gasteiger partial charge in [0.15, 0.2) is 11.5 Å². The summed E-state index contributed by atoms with van der Waals surface area (Å²) in [5, 5.41) is 12.4. The summed E-state index contributed by atoms with van der Waals surface area (Å²) in [6.45, 7) is 0.568. The van der Waals surface area contributed by atoms with Gasteiger partial charge >= 0.3 is 12.0 Å². The van der Waals surface area contributed by atoms with Crippen LogP contribution in [0.15, 0.2) is 54.9 Å². The topological polar surface area (TPSA) is 117 Å². The summed E-state index contributed by atoms with van der Waals surface area (Å²) in [7, 11) is 0. The fraction of sp³-hybridized carbons (Fsp3) is 0.261. The molecule has 2 aliphatic rings. The first-order chi connectivity index (χ1) is 15.6. The van der Waals surface area contributed by atoms with E-state index in [4.69, 9.17) is 9.47 Å². The van der Waals surface area contributed by atoms with Crippen LogP contribution in [0.3, 0.4) is 0 Å². The minimum atomic E-state index is -1.08. The Balaban J connectivity index is 1.43. The number of benzene rings is 2. The highest BCUT2D eigenvalue weighted by atomic mass is 16.7. The minimum Gasteiger partial charge on any atom is -0.480 e. The molecule has 2 atom stereocenters. The molecule has 32 heavy (non-hydrogen) atoms. The first kappa shape index (κ1) is 19.9. The van der Waals surface area contributed by atoms with Crippen molar-refractivity contribution in [2.24, 2.45) is 0 Å². The monoisotopic (exact) mass is 434 g/mol. The number of hydrogen-bond acceptors (Lipinski definition) is 5. The van der Waals surface area contributed by atoms with E-state index >= 15 is 0 Å². The number of imidazole rings is 1. The normalized spacial score (nSPS) is 17.5. The van der Waals surface area contributed by atoms with Gasteiger partial charge in [-0.15, -0.1) is 0 Å². The van der Waals surface area contributed by atoms with Crippen LogP contribution in [0, 0.1) is 0 Å². The van der Waals surface area contributed by atoms with Crippen LogP contribution >= 0.6 is 0 Å². The highest BCUT2D eigenvalue weighted by molar-refractivity contribution is 5.83. The Labute approximate surface area is 184 Å². The third-order valence-corrected chi connectivity index (χ3v) is 5.78. The molecule has 3 N–H and O–H groups in total. The van der Waals surface area contributed by atoms with Gasteiger partial charge in [0.05, 0.1) is 12.0 Å². The quantitative estimate of drug-likeness (QED) is 0.568. The molecule has 5 rings (SSSR count). The van der Waals surface area contributed by atoms with Gasteiger partial charge in [0.2, 0.25) is 6.79 Å². The number of amides is 2. The molecule has 0 saturated carbocycles. The molecule has 0 spiro atoms. The molecule has 0 bridgehead atoms. The molecule has 0 unspecified atom stereocenters. The Bertz CT molecular complexity index is 1150. The van der Waals surface area contributed by atoms with E-state index in [9.17, 15) is 14.7 Å². The van der Waals surface area contributed by atoms with E-state index in [0.717, 1.165) is 22.5 Å². The minimum absolute atomic E-state index is 0.154. The summed E-state index contributed by atoms with van der Waals surface area (Å²) in [6.07, 6.45) is 2.40. The van der Waals surface area contributed by atoms with E-state index < -0.39 is 24.1 Å². The van der Waals surface area contributed by atoms with Crippen molar-refractivity contribution < 1.29 is 24.2 Å². The maximum atomic E-state index is 13.3. The number of rotatable bonds is 5. The van der Waals surface area contributed by atoms with Gasteiger partial charge in [-0.25, -0.2) is 14.6 Å². The summed E-state index contributed by atoms with van der Waals surface area (Å²) >= 11 is 0. The van der Waals surface area contributed by atoms with Crippen molar-refractivity contribution in [1.29, 1.82) is 0 Å². The van der Waals surface area contributed by atoms with Gasteiger partial charge in [0.25, 0.3) is 0 Å². The number of aromatic amines is 1. The molecule has 9 nitrogen and oxygen atoms in total. The first-order valence-corrected chi connectivity index (χ1v) is 10.4. The molecule has 3 heterocycles. The summed E-state index contributed by atoms with van der Waals surface area (Å²) in [5.41, 5.74) is 3.34. The lowest BCUT2D eigenvalue weighted by molar-refractivity contribution is -0.139. The fourth-order valence-electron chi connectivity index (χ4n) is 4.20. The molecule has 9 heteroatoms. The van der Waals surface area contributed by atoms with Gasteiger partial charge < -0.3 is 29.8 Å². The van der Waals surface area contributed by atoms with Crippen LogP contribution in [0.2, 0.25) is 0 Å². The van der Waals surface area contributed by atoms with Gasteiger partial charge in [-0.05, 0) is 23.3 Å². The standard InChI is InChI=1S/C23H22N4O5/c28-22(29)17(10-14-4-2-1-3-5-14)26-23(30)27-9-8-16-20(25-12-24-16)21(27)15-6-7-18-19(11-15)32-13-31-18/h1-7,11-12,17,21H,8-10,13H2,(H,24,25)(H,26,30)(H,28,29)/t17-,21-/m0/s1. The predicted molar refractivity (Wildman–Crippen MR) is 114 cm³/mol. The van der Waals surface area contributed by atoms with Crippen LogP contribution in [-0.2, 0) is 17.6 Å². The van der Waals surface area contributed by atoms with Crippen LogP contribution in [0.5, 0.6) is 11.5 Å². The van der Waals surface area contributed by atoms with Gasteiger partial charge in [-0.2, -0.15) is 0 Å². The zero-order chi connectivity index (χ0) is 22.1. The largest absolute Gasteiger partial charge is 0.480 e. The van der Waals surface area contributed by atoms with E-state index in [1.807, 2.05) is 48.5 Å². The smallest absolute Gasteiger partial charge is 0.326 e. The van der Waals surface area contributed by atoms with E-state index in [1.54, 1.807) is 11.2 Å². The number of carbonyl (C=O) groups excluding carboxylic acids is 1. The molecule has 0 aliphatic carbocycles. The molecular formula is C23H22N4O5. The summed E-state index contributed by atoms with van der Waals surface area (Å²) in [4.78, 5) is 34.4. The molecular weight excluding hydrogens is 412 g/mol. The number of carbonyl (C=O) groups is 2. The van der Waals surface area contributed by atoms with Crippen LogP contribution in [0.4, 0.5) is 4.79 Å². The maximum Gasteiger partial charge on any atom is 0.326 e. The first-order valence-electron chi connectivity index (χ1n) is 10.4. The highest BCUT2D eigenvalue weighted by Crippen LogP contribution is 2.39. The number of urea groups is 1. The van der Waals surface area contributed by atoms with Crippen LogP contribution in [0.25, 0.3) is 0 Å². The lowest BCUT2D eigenvalue weighted by Gasteiger charge is -2.36. The Morgan fingerprint density at radius 1 is 1.19 bits per heavy atom. The number of nitrogens with zero attached hydrogens (tertiary/aromatic N) is 2. The fourth-order valence-corrected chi connectivity index (χ4v) is 4.20. The van der Waals surface area contributed by atoms with Gasteiger partial charge in [0, 0.05) is 25.1 Å². The van der Waals surface area contributed by atoms with E-state index in [2.05, 4.69) is 15.3 Å². The molecule has 0 radical (unpaired) electrons. The zero-order valence-corrected chi connectivity index (χ0v) is 17.2. The Kier molecular flexibility index (Phi) is 5.14. The number of H-pyrrole nitrogens is 1. The van der Waals surface area contributed by atoms with Crippen molar-refractivity contribution in [3.05, 3.63) is 77.4 Å². The highest BCUT2D eigenvalue weighted by Gasteiger charge is 2.36. The number of aliphatic carboxylic acids is 1. The van der Waals surface area contributed by atoms with Crippen molar-refractivity contribution >= 4 is 12.0 Å². The van der Waals surface area contributed by atoms with Crippen LogP contribution in [0.1, 0.15) is 28.6 Å². The second-order valence-corrected chi connectivity index (χ2v) is 7.75. The SMILES string of the molecule is O=C(O)[C@H](Cc1ccccc1)NC(=O)N1CCc2[nH]cnc2[C@@H]1c1ccc2c(c1)OCO2. The molecule has 2 amide bonds. The van der Waals surface area contributed by atoms with Crippen LogP contribution in [-0.4, -0.2) is 51.4 Å². The molecule has 1 aromatic heterocycles. The zero-order valence-electron chi connectivity index (χ0n) is 17.2. The number of carboxylic acids is 1. The number of aromatic nitrogens is 2. The lowest BCUT2D eigenvalue weighted by Crippen LogP contribution is -2.51. The Morgan fingerprint density at radius 2 is 2.00 bits per heavy atom. The number of ether oxygens (including phenoxy) is 2. The van der Waals surface area contributed by atoms with Crippen molar-refractivity contribution in [3.63, 3.8) is 0 Å². The number of carboxylic acid groups (broad SMARTS) is 1. The third kappa shape index (κ3) is 3.73. The van der Waals surface area contributed by atoms with Crippen molar-refractivity contribution in [2.75, 3.05) is 13.3 Å².